The highest BCUT2D eigenvalue weighted by Gasteiger charge is 2.04. The first-order chi connectivity index (χ1) is 9.67. The van der Waals surface area contributed by atoms with Crippen molar-refractivity contribution in [1.29, 1.82) is 0 Å². The molecule has 0 saturated heterocycles. The summed E-state index contributed by atoms with van der Waals surface area (Å²) in [4.78, 5) is 13.2. The lowest BCUT2D eigenvalue weighted by Crippen LogP contribution is -2.05. The van der Waals surface area contributed by atoms with Crippen molar-refractivity contribution >= 4 is 29.2 Å². The van der Waals surface area contributed by atoms with Crippen molar-refractivity contribution in [2.75, 3.05) is 11.9 Å². The van der Waals surface area contributed by atoms with Crippen LogP contribution in [-0.4, -0.2) is 21.5 Å². The fraction of sp³-hybridized carbons (Fsp3) is 0.357. The second kappa shape index (κ2) is 7.45. The Hall–Kier alpha value is -1.33. The van der Waals surface area contributed by atoms with Gasteiger partial charge >= 0.3 is 0 Å². The van der Waals surface area contributed by atoms with Crippen LogP contribution in [0.1, 0.15) is 24.9 Å². The molecule has 0 aliphatic heterocycles. The third-order valence-electron chi connectivity index (χ3n) is 2.51. The maximum Gasteiger partial charge on any atom is 0.141 e. The lowest BCUT2D eigenvalue weighted by molar-refractivity contribution is 0.940. The minimum atomic E-state index is 0.646. The van der Waals surface area contributed by atoms with Gasteiger partial charge in [-0.2, -0.15) is 0 Å². The first kappa shape index (κ1) is 15.1. The van der Waals surface area contributed by atoms with Gasteiger partial charge in [-0.05, 0) is 25.5 Å². The van der Waals surface area contributed by atoms with Gasteiger partial charge < -0.3 is 5.32 Å². The van der Waals surface area contributed by atoms with Crippen LogP contribution in [0, 0.1) is 6.92 Å². The quantitative estimate of drug-likeness (QED) is 0.819. The average Bonchev–Trinajstić information content (AvgIpc) is 2.44. The van der Waals surface area contributed by atoms with Crippen molar-refractivity contribution in [2.24, 2.45) is 0 Å². The van der Waals surface area contributed by atoms with E-state index in [0.29, 0.717) is 10.8 Å². The van der Waals surface area contributed by atoms with Crippen LogP contribution < -0.4 is 5.32 Å². The van der Waals surface area contributed by atoms with E-state index in [0.717, 1.165) is 35.3 Å². The standard InChI is InChI=1S/C14H17ClN4S/c1-3-6-16-12-7-10(2)18-13(19-12)9-20-14-5-4-11(15)8-17-14/h4-5,7-8H,3,6,9H2,1-2H3,(H,16,18,19). The van der Waals surface area contributed by atoms with Crippen LogP contribution in [0.25, 0.3) is 0 Å². The van der Waals surface area contributed by atoms with Gasteiger partial charge in [0.05, 0.1) is 15.8 Å². The summed E-state index contributed by atoms with van der Waals surface area (Å²) in [5.41, 5.74) is 0.971. The SMILES string of the molecule is CCCNc1cc(C)nc(CSc2ccc(Cl)cn2)n1. The number of hydrogen-bond acceptors (Lipinski definition) is 5. The molecule has 2 aromatic heterocycles. The zero-order chi connectivity index (χ0) is 14.4. The first-order valence-electron chi connectivity index (χ1n) is 6.50. The number of nitrogens with one attached hydrogen (secondary N) is 1. The molecule has 0 atom stereocenters. The lowest BCUT2D eigenvalue weighted by atomic mass is 10.4. The van der Waals surface area contributed by atoms with E-state index in [-0.39, 0.29) is 0 Å². The molecule has 0 saturated carbocycles. The van der Waals surface area contributed by atoms with Crippen LogP contribution in [0.15, 0.2) is 29.4 Å². The van der Waals surface area contributed by atoms with Gasteiger partial charge in [-0.3, -0.25) is 0 Å². The highest BCUT2D eigenvalue weighted by molar-refractivity contribution is 7.98. The maximum absolute atomic E-state index is 5.81. The van der Waals surface area contributed by atoms with E-state index in [9.17, 15) is 0 Å². The highest BCUT2D eigenvalue weighted by Crippen LogP contribution is 2.21. The van der Waals surface area contributed by atoms with Crippen LogP contribution in [0.3, 0.4) is 0 Å². The van der Waals surface area contributed by atoms with Gasteiger partial charge in [0.15, 0.2) is 0 Å². The summed E-state index contributed by atoms with van der Waals surface area (Å²) in [6.45, 7) is 5.03. The van der Waals surface area contributed by atoms with Crippen LogP contribution in [0.4, 0.5) is 5.82 Å². The lowest BCUT2D eigenvalue weighted by Gasteiger charge is -2.07. The maximum atomic E-state index is 5.81. The largest absolute Gasteiger partial charge is 0.370 e. The van der Waals surface area contributed by atoms with E-state index >= 15 is 0 Å². The average molecular weight is 309 g/mol. The van der Waals surface area contributed by atoms with Crippen molar-refractivity contribution in [2.45, 2.75) is 31.0 Å². The molecule has 0 radical (unpaired) electrons. The number of aromatic nitrogens is 3. The van der Waals surface area contributed by atoms with Crippen LogP contribution in [0.5, 0.6) is 0 Å². The molecule has 0 fully saturated rings. The third kappa shape index (κ3) is 4.65. The molecule has 106 valence electrons. The minimum absolute atomic E-state index is 0.646. The summed E-state index contributed by atoms with van der Waals surface area (Å²) in [7, 11) is 0. The van der Waals surface area contributed by atoms with E-state index in [2.05, 4.69) is 27.2 Å². The zero-order valence-corrected chi connectivity index (χ0v) is 13.1. The van der Waals surface area contributed by atoms with Gasteiger partial charge in [-0.25, -0.2) is 15.0 Å². The number of pyridine rings is 1. The number of aryl methyl sites for hydroxylation is 1. The molecular weight excluding hydrogens is 292 g/mol. The van der Waals surface area contributed by atoms with Gasteiger partial charge in [0.1, 0.15) is 11.6 Å². The van der Waals surface area contributed by atoms with Gasteiger partial charge in [-0.15, -0.1) is 0 Å². The smallest absolute Gasteiger partial charge is 0.141 e. The Morgan fingerprint density at radius 3 is 2.85 bits per heavy atom. The predicted octanol–water partition coefficient (Wildman–Crippen LogP) is 3.95. The number of hydrogen-bond donors (Lipinski definition) is 1. The molecular formula is C14H17ClN4S. The Balaban J connectivity index is 2.01. The number of halogens is 1. The van der Waals surface area contributed by atoms with Crippen LogP contribution >= 0.6 is 23.4 Å². The van der Waals surface area contributed by atoms with Crippen LogP contribution in [0.2, 0.25) is 5.02 Å². The second-order valence-corrected chi connectivity index (χ2v) is 5.77. The summed E-state index contributed by atoms with van der Waals surface area (Å²) in [6, 6.07) is 5.70. The summed E-state index contributed by atoms with van der Waals surface area (Å²) < 4.78 is 0. The molecule has 2 rings (SSSR count). The van der Waals surface area contributed by atoms with Crippen LogP contribution in [-0.2, 0) is 5.75 Å². The van der Waals surface area contributed by atoms with Crippen molar-refractivity contribution in [3.63, 3.8) is 0 Å². The molecule has 0 aliphatic carbocycles. The summed E-state index contributed by atoms with van der Waals surface area (Å²) in [5.74, 6) is 2.39. The van der Waals surface area contributed by atoms with E-state index in [1.807, 2.05) is 25.1 Å². The number of anilines is 1. The van der Waals surface area contributed by atoms with Crippen molar-refractivity contribution < 1.29 is 0 Å². The molecule has 1 N–H and O–H groups in total. The molecule has 0 bridgehead atoms. The molecule has 6 heteroatoms. The molecule has 2 heterocycles. The summed E-state index contributed by atoms with van der Waals surface area (Å²) >= 11 is 7.42. The number of rotatable bonds is 6. The first-order valence-corrected chi connectivity index (χ1v) is 7.86. The Labute approximate surface area is 128 Å². The Morgan fingerprint density at radius 2 is 2.15 bits per heavy atom. The van der Waals surface area contributed by atoms with E-state index < -0.39 is 0 Å². The monoisotopic (exact) mass is 308 g/mol. The number of nitrogens with zero attached hydrogens (tertiary/aromatic N) is 3. The summed E-state index contributed by atoms with van der Waals surface area (Å²) in [6.07, 6.45) is 2.72. The fourth-order valence-corrected chi connectivity index (χ4v) is 2.43. The number of thioether (sulfide) groups is 1. The Bertz CT molecular complexity index is 560. The predicted molar refractivity (Wildman–Crippen MR) is 84.4 cm³/mol. The zero-order valence-electron chi connectivity index (χ0n) is 11.6. The van der Waals surface area contributed by atoms with Gasteiger partial charge in [-0.1, -0.05) is 30.3 Å². The highest BCUT2D eigenvalue weighted by atomic mass is 35.5. The molecule has 0 aliphatic rings. The van der Waals surface area contributed by atoms with E-state index in [1.54, 1.807) is 18.0 Å². The third-order valence-corrected chi connectivity index (χ3v) is 3.67. The molecule has 4 nitrogen and oxygen atoms in total. The van der Waals surface area contributed by atoms with Crippen molar-refractivity contribution in [1.82, 2.24) is 15.0 Å². The molecule has 20 heavy (non-hydrogen) atoms. The van der Waals surface area contributed by atoms with E-state index in [1.165, 1.54) is 0 Å². The molecule has 0 spiro atoms. The van der Waals surface area contributed by atoms with E-state index in [4.69, 9.17) is 11.6 Å². The Morgan fingerprint density at radius 1 is 1.30 bits per heavy atom. The molecule has 2 aromatic rings. The van der Waals surface area contributed by atoms with Gasteiger partial charge in [0.2, 0.25) is 0 Å². The molecule has 0 unspecified atom stereocenters. The topological polar surface area (TPSA) is 50.7 Å². The van der Waals surface area contributed by atoms with Crippen molar-refractivity contribution in [3.05, 3.63) is 40.9 Å². The fourth-order valence-electron chi connectivity index (χ4n) is 1.62. The van der Waals surface area contributed by atoms with Gasteiger partial charge in [0, 0.05) is 24.5 Å². The van der Waals surface area contributed by atoms with Gasteiger partial charge in [0.25, 0.3) is 0 Å². The molecule has 0 aromatic carbocycles. The van der Waals surface area contributed by atoms with Crippen molar-refractivity contribution in [3.8, 4) is 0 Å². The second-order valence-electron chi connectivity index (χ2n) is 4.34. The Kier molecular flexibility index (Phi) is 5.61. The molecule has 0 amide bonds. The normalized spacial score (nSPS) is 10.6. The summed E-state index contributed by atoms with van der Waals surface area (Å²) in [5, 5.41) is 4.85. The minimum Gasteiger partial charge on any atom is -0.370 e.